The van der Waals surface area contributed by atoms with Crippen molar-refractivity contribution in [2.75, 3.05) is 5.32 Å². The first-order valence-electron chi connectivity index (χ1n) is 4.48. The Morgan fingerprint density at radius 1 is 1.35 bits per heavy atom. The summed E-state index contributed by atoms with van der Waals surface area (Å²) in [5, 5.41) is 11.1. The predicted molar refractivity (Wildman–Crippen MR) is 55.0 cm³/mol. The third-order valence-electron chi connectivity index (χ3n) is 1.80. The molecule has 0 aromatic heterocycles. The van der Waals surface area contributed by atoms with Gasteiger partial charge in [-0.15, -0.1) is 0 Å². The fourth-order valence-electron chi connectivity index (χ4n) is 1.01. The third kappa shape index (κ3) is 3.65. The average Bonchev–Trinajstić information content (AvgIpc) is 2.28. The minimum atomic E-state index is -4.88. The molecule has 88 valence electrons. The normalized spacial score (nSPS) is 11.2. The fourth-order valence-corrected chi connectivity index (χ4v) is 1.01. The molecule has 17 heavy (non-hydrogen) atoms. The Labute approximate surface area is 95.2 Å². The summed E-state index contributed by atoms with van der Waals surface area (Å²) < 4.78 is 35.5. The van der Waals surface area contributed by atoms with E-state index in [2.05, 4.69) is 5.32 Å². The van der Waals surface area contributed by atoms with Crippen LogP contribution in [0.5, 0.6) is 0 Å². The summed E-state index contributed by atoms with van der Waals surface area (Å²) in [6.07, 6.45) is -3.66. The second-order valence-corrected chi connectivity index (χ2v) is 3.00. The van der Waals surface area contributed by atoms with Crippen LogP contribution in [0.2, 0.25) is 0 Å². The number of carbonyl (C=O) groups is 1. The number of para-hydroxylation sites is 1. The van der Waals surface area contributed by atoms with Gasteiger partial charge in [0.05, 0.1) is 11.3 Å². The molecule has 0 aliphatic heterocycles. The number of hydrogen-bond acceptors (Lipinski definition) is 3. The Morgan fingerprint density at radius 2 is 2.00 bits per heavy atom. The molecule has 0 bridgehead atoms. The van der Waals surface area contributed by atoms with Gasteiger partial charge >= 0.3 is 6.18 Å². The first kappa shape index (κ1) is 12.8. The summed E-state index contributed by atoms with van der Waals surface area (Å²) in [4.78, 5) is 10.5. The zero-order valence-corrected chi connectivity index (χ0v) is 8.45. The SMILES string of the molecule is N#Cc1ccccc1NC=CC(=O)C(F)(F)F. The number of hydrogen-bond donors (Lipinski definition) is 1. The number of allylic oxidation sites excluding steroid dienone is 1. The van der Waals surface area contributed by atoms with Crippen LogP contribution in [0.4, 0.5) is 18.9 Å². The minimum absolute atomic E-state index is 0.275. The molecular formula is C11H7F3N2O. The number of rotatable bonds is 3. The summed E-state index contributed by atoms with van der Waals surface area (Å²) in [5.74, 6) is -1.96. The van der Waals surface area contributed by atoms with E-state index in [-0.39, 0.29) is 5.56 Å². The number of nitrogens with one attached hydrogen (secondary N) is 1. The van der Waals surface area contributed by atoms with Crippen LogP contribution in [0.3, 0.4) is 0 Å². The molecule has 0 fully saturated rings. The van der Waals surface area contributed by atoms with E-state index in [0.717, 1.165) is 6.20 Å². The van der Waals surface area contributed by atoms with Crippen molar-refractivity contribution in [3.05, 3.63) is 42.1 Å². The van der Waals surface area contributed by atoms with Crippen molar-refractivity contribution in [3.63, 3.8) is 0 Å². The first-order valence-corrected chi connectivity index (χ1v) is 4.48. The highest BCUT2D eigenvalue weighted by molar-refractivity contribution is 5.94. The lowest BCUT2D eigenvalue weighted by molar-refractivity contribution is -0.165. The average molecular weight is 240 g/mol. The Balaban J connectivity index is 2.72. The molecule has 0 aliphatic rings. The lowest BCUT2D eigenvalue weighted by atomic mass is 10.2. The molecule has 0 radical (unpaired) electrons. The maximum Gasteiger partial charge on any atom is 0.454 e. The molecule has 0 spiro atoms. The molecule has 0 atom stereocenters. The van der Waals surface area contributed by atoms with Crippen LogP contribution in [0, 0.1) is 11.3 Å². The molecule has 1 aromatic rings. The van der Waals surface area contributed by atoms with E-state index in [1.807, 2.05) is 6.07 Å². The number of benzene rings is 1. The summed E-state index contributed by atoms with van der Waals surface area (Å²) >= 11 is 0. The van der Waals surface area contributed by atoms with Crippen LogP contribution >= 0.6 is 0 Å². The van der Waals surface area contributed by atoms with Crippen LogP contribution in [0.15, 0.2) is 36.5 Å². The molecule has 0 aliphatic carbocycles. The van der Waals surface area contributed by atoms with Gasteiger partial charge in [-0.05, 0) is 12.1 Å². The van der Waals surface area contributed by atoms with E-state index >= 15 is 0 Å². The zero-order chi connectivity index (χ0) is 12.9. The van der Waals surface area contributed by atoms with Crippen molar-refractivity contribution in [2.24, 2.45) is 0 Å². The van der Waals surface area contributed by atoms with Crippen molar-refractivity contribution in [2.45, 2.75) is 6.18 Å². The van der Waals surface area contributed by atoms with E-state index in [4.69, 9.17) is 5.26 Å². The van der Waals surface area contributed by atoms with Crippen LogP contribution < -0.4 is 5.32 Å². The molecule has 0 saturated heterocycles. The smallest absolute Gasteiger partial charge is 0.360 e. The van der Waals surface area contributed by atoms with E-state index in [9.17, 15) is 18.0 Å². The molecule has 0 heterocycles. The Hall–Kier alpha value is -2.29. The highest BCUT2D eigenvalue weighted by Gasteiger charge is 2.35. The number of ketones is 1. The summed E-state index contributed by atoms with van der Waals surface area (Å²) in [6.45, 7) is 0. The van der Waals surface area contributed by atoms with Gasteiger partial charge in [-0.25, -0.2) is 0 Å². The number of nitrogens with zero attached hydrogens (tertiary/aromatic N) is 1. The zero-order valence-electron chi connectivity index (χ0n) is 8.45. The first-order chi connectivity index (χ1) is 7.95. The summed E-state index contributed by atoms with van der Waals surface area (Å²) in [7, 11) is 0. The topological polar surface area (TPSA) is 52.9 Å². The van der Waals surface area contributed by atoms with Gasteiger partial charge in [0.25, 0.3) is 5.78 Å². The van der Waals surface area contributed by atoms with Gasteiger partial charge in [-0.3, -0.25) is 4.79 Å². The molecule has 1 N–H and O–H groups in total. The largest absolute Gasteiger partial charge is 0.454 e. The second-order valence-electron chi connectivity index (χ2n) is 3.00. The molecule has 3 nitrogen and oxygen atoms in total. The number of nitriles is 1. The van der Waals surface area contributed by atoms with Gasteiger partial charge in [-0.1, -0.05) is 12.1 Å². The Morgan fingerprint density at radius 3 is 2.59 bits per heavy atom. The number of alkyl halides is 3. The number of anilines is 1. The quantitative estimate of drug-likeness (QED) is 0.826. The van der Waals surface area contributed by atoms with E-state index in [1.54, 1.807) is 12.1 Å². The molecule has 0 saturated carbocycles. The van der Waals surface area contributed by atoms with Gasteiger partial charge in [0.2, 0.25) is 0 Å². The van der Waals surface area contributed by atoms with Crippen molar-refractivity contribution in [1.82, 2.24) is 0 Å². The minimum Gasteiger partial charge on any atom is -0.360 e. The summed E-state index contributed by atoms with van der Waals surface area (Å²) in [5.41, 5.74) is 0.609. The monoisotopic (exact) mass is 240 g/mol. The Bertz CT molecular complexity index is 486. The van der Waals surface area contributed by atoms with Crippen molar-refractivity contribution >= 4 is 11.5 Å². The molecule has 0 amide bonds. The lowest BCUT2D eigenvalue weighted by Gasteiger charge is -2.03. The van der Waals surface area contributed by atoms with Gasteiger partial charge in [0, 0.05) is 12.3 Å². The van der Waals surface area contributed by atoms with Crippen molar-refractivity contribution in [3.8, 4) is 6.07 Å². The number of halogens is 3. The van der Waals surface area contributed by atoms with E-state index < -0.39 is 12.0 Å². The summed E-state index contributed by atoms with van der Waals surface area (Å²) in [6, 6.07) is 8.11. The molecule has 0 unspecified atom stereocenters. The van der Waals surface area contributed by atoms with Gasteiger partial charge in [0.1, 0.15) is 6.07 Å². The van der Waals surface area contributed by atoms with Crippen molar-refractivity contribution < 1.29 is 18.0 Å². The van der Waals surface area contributed by atoms with Crippen molar-refractivity contribution in [1.29, 1.82) is 5.26 Å². The third-order valence-corrected chi connectivity index (χ3v) is 1.80. The van der Waals surface area contributed by atoms with Gasteiger partial charge in [0.15, 0.2) is 0 Å². The predicted octanol–water partition coefficient (Wildman–Crippen LogP) is 2.62. The number of carbonyl (C=O) groups excluding carboxylic acids is 1. The van der Waals surface area contributed by atoms with Crippen LogP contribution in [0.25, 0.3) is 0 Å². The maximum absolute atomic E-state index is 11.8. The van der Waals surface area contributed by atoms with Crippen LogP contribution in [-0.4, -0.2) is 12.0 Å². The highest BCUT2D eigenvalue weighted by atomic mass is 19.4. The second kappa shape index (κ2) is 5.16. The van der Waals surface area contributed by atoms with Crippen LogP contribution in [-0.2, 0) is 4.79 Å². The molecular weight excluding hydrogens is 233 g/mol. The lowest BCUT2D eigenvalue weighted by Crippen LogP contribution is -2.20. The standard InChI is InChI=1S/C11H7F3N2O/c12-11(13,14)10(17)5-6-16-9-4-2-1-3-8(9)7-15/h1-6,16H. The van der Waals surface area contributed by atoms with Crippen LogP contribution in [0.1, 0.15) is 5.56 Å². The van der Waals surface area contributed by atoms with E-state index in [0.29, 0.717) is 11.8 Å². The molecule has 1 rings (SSSR count). The fraction of sp³-hybridized carbons (Fsp3) is 0.0909. The molecule has 1 aromatic carbocycles. The van der Waals surface area contributed by atoms with Gasteiger partial charge in [-0.2, -0.15) is 18.4 Å². The highest BCUT2D eigenvalue weighted by Crippen LogP contribution is 2.17. The molecule has 6 heteroatoms. The maximum atomic E-state index is 11.8. The Kier molecular flexibility index (Phi) is 3.88. The van der Waals surface area contributed by atoms with Gasteiger partial charge < -0.3 is 5.32 Å². The van der Waals surface area contributed by atoms with E-state index in [1.165, 1.54) is 12.1 Å².